The van der Waals surface area contributed by atoms with Crippen molar-refractivity contribution in [3.63, 3.8) is 0 Å². The molecule has 1 saturated carbocycles. The highest BCUT2D eigenvalue weighted by Crippen LogP contribution is 2.36. The van der Waals surface area contributed by atoms with Crippen LogP contribution >= 0.6 is 11.6 Å². The summed E-state index contributed by atoms with van der Waals surface area (Å²) in [5.41, 5.74) is 0.322. The molecule has 1 N–H and O–H groups in total. The predicted octanol–water partition coefficient (Wildman–Crippen LogP) is 2.82. The zero-order valence-electron chi connectivity index (χ0n) is 15.3. The standard InChI is InChI=1S/C19H18ClFN4O3S/c20-14-2-1-3-17(12-14)29(27,28)22-10-11-24-19(26)25(16-8-9-16)18(23-24)13-4-6-15(21)7-5-13/h1-7,12,16,22H,8-11H2. The molecule has 1 heterocycles. The van der Waals surface area contributed by atoms with E-state index < -0.39 is 10.0 Å². The second-order valence-corrected chi connectivity index (χ2v) is 9.00. The molecule has 0 amide bonds. The van der Waals surface area contributed by atoms with Crippen LogP contribution in [0.4, 0.5) is 4.39 Å². The third kappa shape index (κ3) is 4.26. The fraction of sp³-hybridized carbons (Fsp3) is 0.263. The Bertz CT molecular complexity index is 1200. The predicted molar refractivity (Wildman–Crippen MR) is 107 cm³/mol. The van der Waals surface area contributed by atoms with Gasteiger partial charge in [-0.15, -0.1) is 5.10 Å². The highest BCUT2D eigenvalue weighted by atomic mass is 35.5. The Morgan fingerprint density at radius 1 is 1.17 bits per heavy atom. The molecule has 0 radical (unpaired) electrons. The van der Waals surface area contributed by atoms with E-state index in [2.05, 4.69) is 9.82 Å². The molecule has 1 aliphatic carbocycles. The average Bonchev–Trinajstić information content (AvgIpc) is 3.47. The number of nitrogens with zero attached hydrogens (tertiary/aromatic N) is 3. The van der Waals surface area contributed by atoms with Gasteiger partial charge in [-0.3, -0.25) is 4.57 Å². The zero-order chi connectivity index (χ0) is 20.6. The molecule has 0 spiro atoms. The first-order valence-corrected chi connectivity index (χ1v) is 10.9. The van der Waals surface area contributed by atoms with Gasteiger partial charge in [0, 0.05) is 23.2 Å². The smallest absolute Gasteiger partial charge is 0.272 e. The number of hydrogen-bond acceptors (Lipinski definition) is 4. The second-order valence-electron chi connectivity index (χ2n) is 6.79. The molecule has 3 aromatic rings. The van der Waals surface area contributed by atoms with Crippen LogP contribution in [0.15, 0.2) is 58.2 Å². The Labute approximate surface area is 171 Å². The van der Waals surface area contributed by atoms with Crippen molar-refractivity contribution in [3.8, 4) is 11.4 Å². The molecule has 152 valence electrons. The minimum Gasteiger partial charge on any atom is -0.272 e. The van der Waals surface area contributed by atoms with E-state index in [1.54, 1.807) is 28.8 Å². The van der Waals surface area contributed by atoms with E-state index in [1.807, 2.05) is 0 Å². The van der Waals surface area contributed by atoms with Gasteiger partial charge in [-0.05, 0) is 55.3 Å². The molecule has 0 unspecified atom stereocenters. The summed E-state index contributed by atoms with van der Waals surface area (Å²) in [6.45, 7) is 0.0475. The van der Waals surface area contributed by atoms with Crippen molar-refractivity contribution in [3.05, 3.63) is 69.9 Å². The summed E-state index contributed by atoms with van der Waals surface area (Å²) >= 11 is 5.85. The first-order chi connectivity index (χ1) is 13.8. The van der Waals surface area contributed by atoms with Gasteiger partial charge in [0.25, 0.3) is 0 Å². The second kappa shape index (κ2) is 7.74. The Morgan fingerprint density at radius 3 is 2.55 bits per heavy atom. The summed E-state index contributed by atoms with van der Waals surface area (Å²) in [7, 11) is -3.76. The van der Waals surface area contributed by atoms with Gasteiger partial charge in [0.1, 0.15) is 5.82 Å². The largest absolute Gasteiger partial charge is 0.346 e. The Balaban J connectivity index is 1.54. The average molecular weight is 437 g/mol. The van der Waals surface area contributed by atoms with E-state index in [0.29, 0.717) is 16.4 Å². The van der Waals surface area contributed by atoms with E-state index >= 15 is 0 Å². The monoisotopic (exact) mass is 436 g/mol. The van der Waals surface area contributed by atoms with Crippen LogP contribution in [0.2, 0.25) is 5.02 Å². The fourth-order valence-electron chi connectivity index (χ4n) is 3.03. The maximum absolute atomic E-state index is 13.2. The summed E-state index contributed by atoms with van der Waals surface area (Å²) < 4.78 is 43.3. The molecule has 2 aromatic carbocycles. The van der Waals surface area contributed by atoms with Crippen molar-refractivity contribution in [1.82, 2.24) is 19.1 Å². The number of nitrogens with one attached hydrogen (secondary N) is 1. The van der Waals surface area contributed by atoms with Gasteiger partial charge in [-0.2, -0.15) is 0 Å². The number of hydrogen-bond donors (Lipinski definition) is 1. The van der Waals surface area contributed by atoms with Gasteiger partial charge in [0.05, 0.1) is 11.4 Å². The lowest BCUT2D eigenvalue weighted by atomic mass is 10.2. The van der Waals surface area contributed by atoms with Crippen molar-refractivity contribution in [1.29, 1.82) is 0 Å². The quantitative estimate of drug-likeness (QED) is 0.617. The maximum Gasteiger partial charge on any atom is 0.346 e. The Kier molecular flexibility index (Phi) is 5.28. The summed E-state index contributed by atoms with van der Waals surface area (Å²) in [5.74, 6) is 0.0825. The minimum absolute atomic E-state index is 0.0146. The van der Waals surface area contributed by atoms with Crippen LogP contribution in [0.3, 0.4) is 0 Å². The van der Waals surface area contributed by atoms with Crippen molar-refractivity contribution < 1.29 is 12.8 Å². The van der Waals surface area contributed by atoms with E-state index in [1.165, 1.54) is 28.9 Å². The molecule has 0 aliphatic heterocycles. The molecule has 10 heteroatoms. The van der Waals surface area contributed by atoms with Crippen molar-refractivity contribution in [2.24, 2.45) is 0 Å². The lowest BCUT2D eigenvalue weighted by Crippen LogP contribution is -2.32. The molecule has 1 aliphatic rings. The van der Waals surface area contributed by atoms with Crippen LogP contribution in [0.25, 0.3) is 11.4 Å². The fourth-order valence-corrected chi connectivity index (χ4v) is 4.35. The molecule has 0 bridgehead atoms. The van der Waals surface area contributed by atoms with Crippen LogP contribution in [0.1, 0.15) is 18.9 Å². The zero-order valence-corrected chi connectivity index (χ0v) is 16.8. The van der Waals surface area contributed by atoms with Crippen LogP contribution in [-0.4, -0.2) is 29.3 Å². The van der Waals surface area contributed by atoms with Crippen molar-refractivity contribution in [2.75, 3.05) is 6.54 Å². The lowest BCUT2D eigenvalue weighted by Gasteiger charge is -2.06. The SMILES string of the molecule is O=c1n(CCNS(=O)(=O)c2cccc(Cl)c2)nc(-c2ccc(F)cc2)n1C1CC1. The van der Waals surface area contributed by atoms with Gasteiger partial charge in [0.15, 0.2) is 5.82 Å². The summed E-state index contributed by atoms with van der Waals surface area (Å²) in [4.78, 5) is 12.8. The molecule has 1 aromatic heterocycles. The molecule has 4 rings (SSSR count). The first-order valence-electron chi connectivity index (χ1n) is 9.06. The molecule has 7 nitrogen and oxygen atoms in total. The summed E-state index contributed by atoms with van der Waals surface area (Å²) in [6.07, 6.45) is 1.75. The summed E-state index contributed by atoms with van der Waals surface area (Å²) in [6, 6.07) is 11.8. The first kappa shape index (κ1) is 19.8. The van der Waals surface area contributed by atoms with E-state index in [9.17, 15) is 17.6 Å². The minimum atomic E-state index is -3.76. The molecular weight excluding hydrogens is 419 g/mol. The molecular formula is C19H18ClFN4O3S. The molecule has 29 heavy (non-hydrogen) atoms. The molecule has 0 saturated heterocycles. The van der Waals surface area contributed by atoms with Crippen LogP contribution < -0.4 is 10.4 Å². The number of rotatable bonds is 7. The van der Waals surface area contributed by atoms with E-state index in [4.69, 9.17) is 11.6 Å². The lowest BCUT2D eigenvalue weighted by molar-refractivity contribution is 0.547. The van der Waals surface area contributed by atoms with Gasteiger partial charge in [-0.1, -0.05) is 17.7 Å². The number of sulfonamides is 1. The highest BCUT2D eigenvalue weighted by molar-refractivity contribution is 7.89. The number of aromatic nitrogens is 3. The summed E-state index contributed by atoms with van der Waals surface area (Å²) in [5, 5.41) is 4.68. The van der Waals surface area contributed by atoms with Crippen LogP contribution in [-0.2, 0) is 16.6 Å². The van der Waals surface area contributed by atoms with Gasteiger partial charge in [-0.25, -0.2) is 27.0 Å². The topological polar surface area (TPSA) is 86.0 Å². The molecule has 1 fully saturated rings. The van der Waals surface area contributed by atoms with E-state index in [0.717, 1.165) is 12.8 Å². The maximum atomic E-state index is 13.2. The Morgan fingerprint density at radius 2 is 1.90 bits per heavy atom. The van der Waals surface area contributed by atoms with Gasteiger partial charge < -0.3 is 0 Å². The van der Waals surface area contributed by atoms with Gasteiger partial charge in [0.2, 0.25) is 10.0 Å². The number of benzene rings is 2. The normalized spacial score (nSPS) is 14.3. The van der Waals surface area contributed by atoms with E-state index in [-0.39, 0.29) is 35.5 Å². The van der Waals surface area contributed by atoms with Crippen molar-refractivity contribution >= 4 is 21.6 Å². The van der Waals surface area contributed by atoms with Crippen LogP contribution in [0.5, 0.6) is 0 Å². The third-order valence-electron chi connectivity index (χ3n) is 4.61. The Hall–Kier alpha value is -2.49. The number of halogens is 2. The van der Waals surface area contributed by atoms with Crippen LogP contribution in [0, 0.1) is 5.82 Å². The molecule has 0 atom stereocenters. The van der Waals surface area contributed by atoms with Crippen molar-refractivity contribution in [2.45, 2.75) is 30.3 Å². The van der Waals surface area contributed by atoms with Gasteiger partial charge >= 0.3 is 5.69 Å². The third-order valence-corrected chi connectivity index (χ3v) is 6.30. The highest BCUT2D eigenvalue weighted by Gasteiger charge is 2.30.